The van der Waals surface area contributed by atoms with Crippen LogP contribution in [0.5, 0.6) is 0 Å². The zero-order valence-electron chi connectivity index (χ0n) is 10.8. The highest BCUT2D eigenvalue weighted by molar-refractivity contribution is 6.32. The van der Waals surface area contributed by atoms with Crippen molar-refractivity contribution in [3.05, 3.63) is 58.5 Å². The van der Waals surface area contributed by atoms with Crippen LogP contribution in [-0.4, -0.2) is 23.1 Å². The van der Waals surface area contributed by atoms with Crippen LogP contribution in [0, 0.1) is 0 Å². The minimum absolute atomic E-state index is 0.520. The van der Waals surface area contributed by atoms with E-state index in [1.54, 1.807) is 6.20 Å². The predicted molar refractivity (Wildman–Crippen MR) is 83.3 cm³/mol. The first-order valence-corrected chi connectivity index (χ1v) is 7.16. The standard InChI is InChI=1S/C15H13Cl2N3/c16-13-2-1-7-18-15(13)20-8-5-11(6-9-20)12-3-4-14(17)19-10-12/h1-5,7,10H,6,8-9H2. The summed E-state index contributed by atoms with van der Waals surface area (Å²) in [7, 11) is 0. The molecule has 0 N–H and O–H groups in total. The van der Waals surface area contributed by atoms with E-state index in [0.717, 1.165) is 30.9 Å². The Morgan fingerprint density at radius 3 is 2.65 bits per heavy atom. The van der Waals surface area contributed by atoms with Gasteiger partial charge in [0.1, 0.15) is 11.0 Å². The van der Waals surface area contributed by atoms with Crippen molar-refractivity contribution in [3.8, 4) is 0 Å². The normalized spacial score (nSPS) is 15.1. The molecule has 2 aromatic rings. The van der Waals surface area contributed by atoms with Gasteiger partial charge in [0.2, 0.25) is 0 Å². The highest BCUT2D eigenvalue weighted by atomic mass is 35.5. The first kappa shape index (κ1) is 13.4. The molecule has 0 radical (unpaired) electrons. The van der Waals surface area contributed by atoms with Crippen LogP contribution in [-0.2, 0) is 0 Å². The maximum absolute atomic E-state index is 6.18. The second kappa shape index (κ2) is 5.81. The number of halogens is 2. The van der Waals surface area contributed by atoms with Crippen molar-refractivity contribution in [3.63, 3.8) is 0 Å². The quantitative estimate of drug-likeness (QED) is 0.783. The summed E-state index contributed by atoms with van der Waals surface area (Å²) in [6, 6.07) is 7.53. The van der Waals surface area contributed by atoms with Crippen LogP contribution >= 0.6 is 23.2 Å². The molecule has 0 bridgehead atoms. The van der Waals surface area contributed by atoms with E-state index in [-0.39, 0.29) is 0 Å². The highest BCUT2D eigenvalue weighted by Gasteiger charge is 2.16. The molecule has 0 amide bonds. The van der Waals surface area contributed by atoms with Crippen molar-refractivity contribution >= 4 is 34.6 Å². The Kier molecular flexibility index (Phi) is 3.90. The fourth-order valence-electron chi connectivity index (χ4n) is 2.30. The van der Waals surface area contributed by atoms with E-state index in [4.69, 9.17) is 23.2 Å². The van der Waals surface area contributed by atoms with Crippen molar-refractivity contribution in [2.75, 3.05) is 18.0 Å². The van der Waals surface area contributed by atoms with Crippen LogP contribution in [0.2, 0.25) is 10.2 Å². The number of aromatic nitrogens is 2. The Bertz CT molecular complexity index is 638. The van der Waals surface area contributed by atoms with Crippen molar-refractivity contribution in [1.29, 1.82) is 0 Å². The average molecular weight is 306 g/mol. The average Bonchev–Trinajstić information content (AvgIpc) is 2.49. The fourth-order valence-corrected chi connectivity index (χ4v) is 2.65. The maximum atomic E-state index is 6.18. The molecule has 1 aliphatic heterocycles. The molecule has 1 aliphatic rings. The number of nitrogens with zero attached hydrogens (tertiary/aromatic N) is 3. The van der Waals surface area contributed by atoms with E-state index in [1.165, 1.54) is 5.57 Å². The Labute approximate surface area is 127 Å². The molecule has 0 unspecified atom stereocenters. The summed E-state index contributed by atoms with van der Waals surface area (Å²) in [5.41, 5.74) is 2.42. The van der Waals surface area contributed by atoms with Gasteiger partial charge in [-0.1, -0.05) is 35.3 Å². The molecule has 20 heavy (non-hydrogen) atoms. The monoisotopic (exact) mass is 305 g/mol. The van der Waals surface area contributed by atoms with Gasteiger partial charge in [0.15, 0.2) is 0 Å². The van der Waals surface area contributed by atoms with E-state index >= 15 is 0 Å². The van der Waals surface area contributed by atoms with Gasteiger partial charge in [0, 0.05) is 25.5 Å². The Hall–Kier alpha value is -1.58. The molecule has 3 rings (SSSR count). The van der Waals surface area contributed by atoms with Gasteiger partial charge in [0.25, 0.3) is 0 Å². The van der Waals surface area contributed by atoms with Crippen molar-refractivity contribution in [2.24, 2.45) is 0 Å². The zero-order chi connectivity index (χ0) is 13.9. The molecule has 102 valence electrons. The summed E-state index contributed by atoms with van der Waals surface area (Å²) in [6.45, 7) is 1.69. The third-order valence-electron chi connectivity index (χ3n) is 3.35. The van der Waals surface area contributed by atoms with Crippen LogP contribution in [0.4, 0.5) is 5.82 Å². The largest absolute Gasteiger partial charge is 0.351 e. The summed E-state index contributed by atoms with van der Waals surface area (Å²) in [6.07, 6.45) is 6.72. The smallest absolute Gasteiger partial charge is 0.147 e. The molecule has 0 aliphatic carbocycles. The van der Waals surface area contributed by atoms with E-state index in [9.17, 15) is 0 Å². The summed E-state index contributed by atoms with van der Waals surface area (Å²) in [4.78, 5) is 10.6. The van der Waals surface area contributed by atoms with E-state index in [2.05, 4.69) is 20.9 Å². The lowest BCUT2D eigenvalue weighted by Crippen LogP contribution is -2.29. The van der Waals surface area contributed by atoms with Gasteiger partial charge in [-0.3, -0.25) is 0 Å². The van der Waals surface area contributed by atoms with Crippen molar-refractivity contribution in [1.82, 2.24) is 9.97 Å². The fraction of sp³-hybridized carbons (Fsp3) is 0.200. The first-order chi connectivity index (χ1) is 9.74. The molecular weight excluding hydrogens is 293 g/mol. The van der Waals surface area contributed by atoms with Crippen LogP contribution in [0.25, 0.3) is 5.57 Å². The highest BCUT2D eigenvalue weighted by Crippen LogP contribution is 2.28. The molecule has 2 aromatic heterocycles. The van der Waals surface area contributed by atoms with E-state index in [1.807, 2.05) is 30.5 Å². The summed E-state index contributed by atoms with van der Waals surface area (Å²) < 4.78 is 0. The minimum Gasteiger partial charge on any atom is -0.351 e. The molecule has 0 saturated carbocycles. The zero-order valence-corrected chi connectivity index (χ0v) is 12.3. The van der Waals surface area contributed by atoms with E-state index < -0.39 is 0 Å². The summed E-state index contributed by atoms with van der Waals surface area (Å²) in [5, 5.41) is 1.21. The first-order valence-electron chi connectivity index (χ1n) is 6.40. The molecular formula is C15H13Cl2N3. The number of hydrogen-bond acceptors (Lipinski definition) is 3. The van der Waals surface area contributed by atoms with Gasteiger partial charge in [-0.05, 0) is 35.8 Å². The molecule has 0 aromatic carbocycles. The van der Waals surface area contributed by atoms with Crippen LogP contribution in [0.3, 0.4) is 0 Å². The molecule has 0 atom stereocenters. The van der Waals surface area contributed by atoms with Gasteiger partial charge in [-0.25, -0.2) is 9.97 Å². The third-order valence-corrected chi connectivity index (χ3v) is 3.86. The molecule has 3 heterocycles. The summed E-state index contributed by atoms with van der Waals surface area (Å²) >= 11 is 12.0. The lowest BCUT2D eigenvalue weighted by atomic mass is 10.0. The second-order valence-electron chi connectivity index (χ2n) is 4.60. The van der Waals surface area contributed by atoms with Gasteiger partial charge in [-0.15, -0.1) is 0 Å². The van der Waals surface area contributed by atoms with Gasteiger partial charge < -0.3 is 4.90 Å². The molecule has 0 spiro atoms. The number of hydrogen-bond donors (Lipinski definition) is 0. The van der Waals surface area contributed by atoms with Gasteiger partial charge >= 0.3 is 0 Å². The van der Waals surface area contributed by atoms with Crippen LogP contribution in [0.1, 0.15) is 12.0 Å². The lowest BCUT2D eigenvalue weighted by molar-refractivity contribution is 0.816. The molecule has 5 heteroatoms. The van der Waals surface area contributed by atoms with Crippen LogP contribution in [0.15, 0.2) is 42.7 Å². The predicted octanol–water partition coefficient (Wildman–Crippen LogP) is 4.08. The molecule has 0 fully saturated rings. The lowest BCUT2D eigenvalue weighted by Gasteiger charge is -2.28. The van der Waals surface area contributed by atoms with Gasteiger partial charge in [-0.2, -0.15) is 0 Å². The maximum Gasteiger partial charge on any atom is 0.147 e. The topological polar surface area (TPSA) is 29.0 Å². The number of anilines is 1. The summed E-state index contributed by atoms with van der Waals surface area (Å²) in [5.74, 6) is 0.846. The minimum atomic E-state index is 0.520. The molecule has 0 saturated heterocycles. The third kappa shape index (κ3) is 2.79. The Morgan fingerprint density at radius 1 is 1.10 bits per heavy atom. The van der Waals surface area contributed by atoms with Crippen LogP contribution < -0.4 is 4.90 Å². The number of pyridine rings is 2. The van der Waals surface area contributed by atoms with Gasteiger partial charge in [0.05, 0.1) is 5.02 Å². The number of rotatable bonds is 2. The van der Waals surface area contributed by atoms with Crippen molar-refractivity contribution < 1.29 is 0 Å². The van der Waals surface area contributed by atoms with Crippen molar-refractivity contribution in [2.45, 2.75) is 6.42 Å². The second-order valence-corrected chi connectivity index (χ2v) is 5.40. The Morgan fingerprint density at radius 2 is 2.00 bits per heavy atom. The molecule has 3 nitrogen and oxygen atoms in total. The SMILES string of the molecule is Clc1ccc(C2=CCN(c3ncccc3Cl)CC2)cn1. The Balaban J connectivity index is 1.78. The van der Waals surface area contributed by atoms with E-state index in [0.29, 0.717) is 10.2 Å².